The first-order valence-electron chi connectivity index (χ1n) is 12.2. The summed E-state index contributed by atoms with van der Waals surface area (Å²) in [5.41, 5.74) is 3.11. The molecule has 4 atom stereocenters. The van der Waals surface area contributed by atoms with Gasteiger partial charge in [-0.3, -0.25) is 9.69 Å². The lowest BCUT2D eigenvalue weighted by atomic mass is 9.77. The summed E-state index contributed by atoms with van der Waals surface area (Å²) < 4.78 is 82.4. The number of methoxy groups -OCH3 is 1. The number of likely N-dealkylation sites (N-methyl/N-ethyl adjacent to an activating group) is 1. The van der Waals surface area contributed by atoms with Crippen LogP contribution in [0.1, 0.15) is 47.7 Å². The highest BCUT2D eigenvalue weighted by molar-refractivity contribution is 6.03. The first-order valence-corrected chi connectivity index (χ1v) is 12.2. The molecule has 39 heavy (non-hydrogen) atoms. The Morgan fingerprint density at radius 2 is 1.97 bits per heavy atom. The predicted molar refractivity (Wildman–Crippen MR) is 130 cm³/mol. The van der Waals surface area contributed by atoms with Crippen molar-refractivity contribution in [2.75, 3.05) is 38.8 Å². The van der Waals surface area contributed by atoms with Crippen LogP contribution in [0.2, 0.25) is 0 Å². The summed E-state index contributed by atoms with van der Waals surface area (Å²) in [5, 5.41) is 0. The molecule has 5 rings (SSSR count). The van der Waals surface area contributed by atoms with Crippen LogP contribution in [0.4, 0.5) is 27.8 Å². The highest BCUT2D eigenvalue weighted by Gasteiger charge is 2.65. The number of fused-ring (bicyclic) bond motifs is 1. The van der Waals surface area contributed by atoms with E-state index in [2.05, 4.69) is 15.0 Å². The topological polar surface area (TPSA) is 110 Å². The summed E-state index contributed by atoms with van der Waals surface area (Å²) >= 11 is 0. The lowest BCUT2D eigenvalue weighted by Gasteiger charge is -2.32. The smallest absolute Gasteiger partial charge is 0.417 e. The van der Waals surface area contributed by atoms with Crippen LogP contribution in [0.3, 0.4) is 0 Å². The fourth-order valence-corrected chi connectivity index (χ4v) is 5.45. The molecule has 3 N–H and O–H groups in total. The van der Waals surface area contributed by atoms with Crippen LogP contribution in [0, 0.1) is 17.6 Å². The molecule has 0 aliphatic carbocycles. The van der Waals surface area contributed by atoms with Gasteiger partial charge in [0.15, 0.2) is 22.9 Å². The zero-order chi connectivity index (χ0) is 28.4. The molecule has 0 unspecified atom stereocenters. The number of hydrogen-bond donors (Lipinski definition) is 2. The zero-order valence-electron chi connectivity index (χ0n) is 21.6. The van der Waals surface area contributed by atoms with E-state index >= 15 is 0 Å². The van der Waals surface area contributed by atoms with E-state index < -0.39 is 53.0 Å². The van der Waals surface area contributed by atoms with Crippen molar-refractivity contribution >= 4 is 22.8 Å². The number of nitrogens with one attached hydrogen (secondary N) is 1. The molecule has 3 aromatic rings. The van der Waals surface area contributed by atoms with Crippen molar-refractivity contribution in [3.8, 4) is 5.75 Å². The Morgan fingerprint density at radius 3 is 2.56 bits per heavy atom. The SMILES string of the molecule is COc1c([C@H]2[C@H](c3nc4c(C(N)=O)nc(N5CCN(C)C5)cc4[nH]3)O[C@@](C)(C(F)(F)F)[C@H]2C)ccc(F)c1F. The number of aromatic amines is 1. The summed E-state index contributed by atoms with van der Waals surface area (Å²) in [6.07, 6.45) is -6.22. The monoisotopic (exact) mass is 554 g/mol. The van der Waals surface area contributed by atoms with Crippen molar-refractivity contribution in [2.45, 2.75) is 37.6 Å². The molecule has 4 heterocycles. The maximum atomic E-state index is 14.7. The van der Waals surface area contributed by atoms with Crippen LogP contribution >= 0.6 is 0 Å². The fourth-order valence-electron chi connectivity index (χ4n) is 5.45. The third-order valence-corrected chi connectivity index (χ3v) is 7.78. The number of carbonyl (C=O) groups excluding carboxylic acids is 1. The number of hydrogen-bond acceptors (Lipinski definition) is 7. The lowest BCUT2D eigenvalue weighted by molar-refractivity contribution is -0.275. The summed E-state index contributed by atoms with van der Waals surface area (Å²) in [5.74, 6) is -5.99. The minimum Gasteiger partial charge on any atom is -0.493 e. The van der Waals surface area contributed by atoms with E-state index in [9.17, 15) is 26.7 Å². The summed E-state index contributed by atoms with van der Waals surface area (Å²) in [7, 11) is 3.02. The van der Waals surface area contributed by atoms with E-state index in [4.69, 9.17) is 15.2 Å². The minimum atomic E-state index is -4.81. The van der Waals surface area contributed by atoms with Gasteiger partial charge in [-0.05, 0) is 20.0 Å². The van der Waals surface area contributed by atoms with E-state index in [1.165, 1.54) is 13.0 Å². The number of pyridine rings is 1. The van der Waals surface area contributed by atoms with Crippen molar-refractivity contribution in [3.63, 3.8) is 0 Å². The van der Waals surface area contributed by atoms with Gasteiger partial charge in [-0.1, -0.05) is 13.0 Å². The van der Waals surface area contributed by atoms with E-state index in [-0.39, 0.29) is 22.6 Å². The van der Waals surface area contributed by atoms with Crippen molar-refractivity contribution in [3.05, 3.63) is 46.9 Å². The van der Waals surface area contributed by atoms with Gasteiger partial charge in [-0.25, -0.2) is 14.4 Å². The summed E-state index contributed by atoms with van der Waals surface area (Å²) in [4.78, 5) is 28.0. The Labute approximate surface area is 220 Å². The predicted octanol–water partition coefficient (Wildman–Crippen LogP) is 3.87. The van der Waals surface area contributed by atoms with Gasteiger partial charge >= 0.3 is 6.18 Å². The standard InChI is InChI=1S/C25H27F5N6O3/c1-11-16(12-5-6-13(26)17(27)20(12)38-4)21(39-24(11,2)25(28,29)30)23-32-14-9-15(36-8-7-35(3)10-36)33-19(22(31)37)18(14)34-23/h5-6,9,11,16,21H,7-8,10H2,1-4H3,(H2,31,37)(H,32,34)/t11-,16-,21+,24+/m0/s1. The third kappa shape index (κ3) is 4.25. The zero-order valence-corrected chi connectivity index (χ0v) is 21.6. The van der Waals surface area contributed by atoms with Gasteiger partial charge in [0.05, 0.1) is 19.3 Å². The number of nitrogens with zero attached hydrogens (tertiary/aromatic N) is 4. The molecule has 2 aliphatic rings. The average Bonchev–Trinajstić information content (AvgIpc) is 3.56. The van der Waals surface area contributed by atoms with E-state index in [0.717, 1.165) is 26.6 Å². The number of ether oxygens (including phenoxy) is 2. The van der Waals surface area contributed by atoms with Gasteiger partial charge in [-0.15, -0.1) is 0 Å². The van der Waals surface area contributed by atoms with Gasteiger partial charge < -0.3 is 25.1 Å². The number of primary amides is 1. The first-order chi connectivity index (χ1) is 18.3. The highest BCUT2D eigenvalue weighted by Crippen LogP contribution is 2.59. The molecule has 210 valence electrons. The van der Waals surface area contributed by atoms with E-state index in [1.807, 2.05) is 16.8 Å². The van der Waals surface area contributed by atoms with Crippen molar-refractivity contribution in [1.82, 2.24) is 19.9 Å². The number of benzene rings is 1. The van der Waals surface area contributed by atoms with Crippen molar-refractivity contribution in [1.29, 1.82) is 0 Å². The maximum Gasteiger partial charge on any atom is 0.417 e. The van der Waals surface area contributed by atoms with Gasteiger partial charge in [0.25, 0.3) is 5.91 Å². The Morgan fingerprint density at radius 1 is 1.26 bits per heavy atom. The second-order valence-electron chi connectivity index (χ2n) is 10.1. The molecule has 0 saturated carbocycles. The van der Waals surface area contributed by atoms with Gasteiger partial charge in [-0.2, -0.15) is 17.6 Å². The van der Waals surface area contributed by atoms with Gasteiger partial charge in [0, 0.05) is 36.6 Å². The number of alkyl halides is 3. The molecule has 9 nitrogen and oxygen atoms in total. The second-order valence-corrected chi connectivity index (χ2v) is 10.1. The minimum absolute atomic E-state index is 0.0172. The molecule has 2 saturated heterocycles. The van der Waals surface area contributed by atoms with Gasteiger partial charge in [0.1, 0.15) is 23.3 Å². The number of anilines is 1. The van der Waals surface area contributed by atoms with Crippen LogP contribution in [0.15, 0.2) is 18.2 Å². The number of amides is 1. The summed E-state index contributed by atoms with van der Waals surface area (Å²) in [6.45, 7) is 4.17. The molecule has 2 aromatic heterocycles. The normalized spacial score (nSPS) is 26.1. The largest absolute Gasteiger partial charge is 0.493 e. The molecule has 14 heteroatoms. The molecule has 1 amide bonds. The molecule has 0 radical (unpaired) electrons. The van der Waals surface area contributed by atoms with Gasteiger partial charge in [0.2, 0.25) is 5.82 Å². The lowest BCUT2D eigenvalue weighted by Crippen LogP contribution is -2.46. The quantitative estimate of drug-likeness (QED) is 0.461. The van der Waals surface area contributed by atoms with Crippen molar-refractivity contribution in [2.24, 2.45) is 11.7 Å². The van der Waals surface area contributed by atoms with E-state index in [0.29, 0.717) is 24.5 Å². The molecule has 2 aliphatic heterocycles. The van der Waals surface area contributed by atoms with Crippen LogP contribution in [-0.4, -0.2) is 71.5 Å². The molecule has 2 fully saturated rings. The molecule has 0 spiro atoms. The number of imidazole rings is 1. The van der Waals surface area contributed by atoms with Crippen LogP contribution < -0.4 is 15.4 Å². The Balaban J connectivity index is 1.68. The number of rotatable bonds is 5. The average molecular weight is 555 g/mol. The Kier molecular flexibility index (Phi) is 6.45. The number of carbonyl (C=O) groups is 1. The van der Waals surface area contributed by atoms with E-state index in [1.54, 1.807) is 6.07 Å². The molecular weight excluding hydrogens is 527 g/mol. The Bertz CT molecular complexity index is 1450. The molecule has 1 aromatic carbocycles. The number of nitrogens with two attached hydrogens (primary N) is 1. The van der Waals surface area contributed by atoms with Crippen LogP contribution in [0.25, 0.3) is 11.0 Å². The number of halogens is 5. The number of aromatic nitrogens is 3. The maximum absolute atomic E-state index is 14.7. The summed E-state index contributed by atoms with van der Waals surface area (Å²) in [6, 6.07) is 3.64. The Hall–Kier alpha value is -3.52. The number of H-pyrrole nitrogens is 1. The fraction of sp³-hybridized carbons (Fsp3) is 0.480. The second kappa shape index (κ2) is 9.30. The van der Waals surface area contributed by atoms with Crippen LogP contribution in [-0.2, 0) is 4.74 Å². The van der Waals surface area contributed by atoms with Crippen LogP contribution in [0.5, 0.6) is 5.75 Å². The molecular formula is C25H27F5N6O3. The highest BCUT2D eigenvalue weighted by atomic mass is 19.4. The van der Waals surface area contributed by atoms with Crippen molar-refractivity contribution < 1.29 is 36.2 Å². The molecule has 0 bridgehead atoms. The third-order valence-electron chi connectivity index (χ3n) is 7.78. The first kappa shape index (κ1) is 27.1.